The SMILES string of the molecule is CN1CC2(CC1c1nc(-c3cccnc3)no1)CN(C(=O)CC1CCCCC1)C2. The summed E-state index contributed by atoms with van der Waals surface area (Å²) in [6.45, 7) is 2.70. The van der Waals surface area contributed by atoms with Crippen LogP contribution in [0.3, 0.4) is 0 Å². The highest BCUT2D eigenvalue weighted by Gasteiger charge is 2.53. The van der Waals surface area contributed by atoms with E-state index in [-0.39, 0.29) is 11.5 Å². The van der Waals surface area contributed by atoms with E-state index in [9.17, 15) is 4.79 Å². The molecule has 29 heavy (non-hydrogen) atoms. The van der Waals surface area contributed by atoms with E-state index < -0.39 is 0 Å². The standard InChI is InChI=1S/C22H29N5O2/c1-26-13-22(14-27(15-22)19(28)10-16-6-3-2-4-7-16)11-18(26)21-24-20(25-29-21)17-8-5-9-23-12-17/h5,8-9,12,16,18H,2-4,6-7,10-11,13-15H2,1H3. The summed E-state index contributed by atoms with van der Waals surface area (Å²) >= 11 is 0. The minimum absolute atomic E-state index is 0.114. The van der Waals surface area contributed by atoms with E-state index in [0.717, 1.165) is 38.0 Å². The molecule has 1 atom stereocenters. The minimum Gasteiger partial charge on any atom is -0.341 e. The summed E-state index contributed by atoms with van der Waals surface area (Å²) in [5, 5.41) is 4.15. The molecule has 1 spiro atoms. The molecule has 3 aliphatic rings. The molecule has 0 bridgehead atoms. The molecular formula is C22H29N5O2. The van der Waals surface area contributed by atoms with Crippen LogP contribution in [0.1, 0.15) is 56.9 Å². The van der Waals surface area contributed by atoms with Crippen molar-refractivity contribution in [2.24, 2.45) is 11.3 Å². The van der Waals surface area contributed by atoms with Gasteiger partial charge in [0, 0.05) is 49.4 Å². The molecule has 7 nitrogen and oxygen atoms in total. The summed E-state index contributed by atoms with van der Waals surface area (Å²) in [6, 6.07) is 3.92. The Morgan fingerprint density at radius 3 is 2.83 bits per heavy atom. The molecule has 2 saturated heterocycles. The lowest BCUT2D eigenvalue weighted by molar-refractivity contribution is -0.144. The zero-order chi connectivity index (χ0) is 19.8. The number of pyridine rings is 1. The molecule has 5 rings (SSSR count). The van der Waals surface area contributed by atoms with Gasteiger partial charge in [-0.1, -0.05) is 24.4 Å². The first-order valence-corrected chi connectivity index (χ1v) is 10.8. The maximum atomic E-state index is 12.7. The van der Waals surface area contributed by atoms with Gasteiger partial charge in [0.15, 0.2) is 0 Å². The van der Waals surface area contributed by atoms with Crippen LogP contribution in [0.5, 0.6) is 0 Å². The normalized spacial score (nSPS) is 24.7. The average Bonchev–Trinajstić information content (AvgIpc) is 3.33. The summed E-state index contributed by atoms with van der Waals surface area (Å²) in [5.41, 5.74) is 1.03. The fraction of sp³-hybridized carbons (Fsp3) is 0.636. The third-order valence-corrected chi connectivity index (χ3v) is 6.98. The van der Waals surface area contributed by atoms with E-state index in [1.165, 1.54) is 32.1 Å². The Morgan fingerprint density at radius 2 is 2.07 bits per heavy atom. The van der Waals surface area contributed by atoms with Gasteiger partial charge in [0.25, 0.3) is 0 Å². The second-order valence-corrected chi connectivity index (χ2v) is 9.29. The molecule has 0 N–H and O–H groups in total. The largest absolute Gasteiger partial charge is 0.341 e. The molecule has 1 amide bonds. The number of carbonyl (C=O) groups is 1. The lowest BCUT2D eigenvalue weighted by atomic mass is 9.77. The van der Waals surface area contributed by atoms with Gasteiger partial charge in [-0.05, 0) is 44.4 Å². The van der Waals surface area contributed by atoms with Crippen LogP contribution in [0.4, 0.5) is 0 Å². The molecule has 1 unspecified atom stereocenters. The second kappa shape index (κ2) is 7.52. The van der Waals surface area contributed by atoms with Crippen molar-refractivity contribution >= 4 is 5.91 Å². The zero-order valence-corrected chi connectivity index (χ0v) is 17.1. The van der Waals surface area contributed by atoms with Crippen molar-refractivity contribution in [3.63, 3.8) is 0 Å². The molecule has 2 aromatic heterocycles. The smallest absolute Gasteiger partial charge is 0.244 e. The topological polar surface area (TPSA) is 75.4 Å². The van der Waals surface area contributed by atoms with Crippen LogP contribution in [0.25, 0.3) is 11.4 Å². The predicted octanol–water partition coefficient (Wildman–Crippen LogP) is 3.31. The molecule has 4 heterocycles. The summed E-state index contributed by atoms with van der Waals surface area (Å²) in [4.78, 5) is 25.8. The maximum Gasteiger partial charge on any atom is 0.244 e. The van der Waals surface area contributed by atoms with E-state index in [2.05, 4.69) is 32.0 Å². The summed E-state index contributed by atoms with van der Waals surface area (Å²) < 4.78 is 5.60. The number of hydrogen-bond acceptors (Lipinski definition) is 6. The molecule has 1 saturated carbocycles. The first-order valence-electron chi connectivity index (χ1n) is 10.8. The van der Waals surface area contributed by atoms with Gasteiger partial charge in [-0.3, -0.25) is 14.7 Å². The third-order valence-electron chi connectivity index (χ3n) is 6.98. The Labute approximate surface area is 171 Å². The zero-order valence-electron chi connectivity index (χ0n) is 17.1. The van der Waals surface area contributed by atoms with Crippen LogP contribution in [-0.4, -0.2) is 57.5 Å². The van der Waals surface area contributed by atoms with Crippen molar-refractivity contribution in [2.75, 3.05) is 26.7 Å². The maximum absolute atomic E-state index is 12.7. The number of hydrogen-bond donors (Lipinski definition) is 0. The average molecular weight is 396 g/mol. The van der Waals surface area contributed by atoms with Gasteiger partial charge < -0.3 is 9.42 Å². The van der Waals surface area contributed by atoms with Crippen molar-refractivity contribution in [1.82, 2.24) is 24.9 Å². The van der Waals surface area contributed by atoms with Gasteiger partial charge in [-0.2, -0.15) is 4.98 Å². The summed E-state index contributed by atoms with van der Waals surface area (Å²) in [7, 11) is 2.11. The first-order chi connectivity index (χ1) is 14.1. The van der Waals surface area contributed by atoms with Crippen LogP contribution in [0, 0.1) is 11.3 Å². The van der Waals surface area contributed by atoms with E-state index >= 15 is 0 Å². The Bertz CT molecular complexity index is 855. The van der Waals surface area contributed by atoms with Gasteiger partial charge >= 0.3 is 0 Å². The van der Waals surface area contributed by atoms with Crippen molar-refractivity contribution in [2.45, 2.75) is 51.0 Å². The number of likely N-dealkylation sites (tertiary alicyclic amines) is 2. The quantitative estimate of drug-likeness (QED) is 0.791. The molecule has 154 valence electrons. The number of rotatable bonds is 4. The van der Waals surface area contributed by atoms with Crippen molar-refractivity contribution in [1.29, 1.82) is 0 Å². The van der Waals surface area contributed by atoms with Crippen LogP contribution in [0.15, 0.2) is 29.0 Å². The van der Waals surface area contributed by atoms with Crippen molar-refractivity contribution in [3.05, 3.63) is 30.4 Å². The third kappa shape index (κ3) is 3.68. The highest BCUT2D eigenvalue weighted by atomic mass is 16.5. The monoisotopic (exact) mass is 395 g/mol. The van der Waals surface area contributed by atoms with E-state index in [4.69, 9.17) is 4.52 Å². The Kier molecular flexibility index (Phi) is 4.86. The lowest BCUT2D eigenvalue weighted by Gasteiger charge is -2.48. The highest BCUT2D eigenvalue weighted by molar-refractivity contribution is 5.77. The minimum atomic E-state index is 0.114. The predicted molar refractivity (Wildman–Crippen MR) is 108 cm³/mol. The van der Waals surface area contributed by atoms with E-state index in [1.807, 2.05) is 12.1 Å². The Balaban J connectivity index is 1.20. The van der Waals surface area contributed by atoms with Crippen LogP contribution in [-0.2, 0) is 4.79 Å². The Hall–Kier alpha value is -2.28. The fourth-order valence-electron chi connectivity index (χ4n) is 5.46. The van der Waals surface area contributed by atoms with Crippen LogP contribution < -0.4 is 0 Å². The fourth-order valence-corrected chi connectivity index (χ4v) is 5.46. The number of amides is 1. The number of aromatic nitrogens is 3. The van der Waals surface area contributed by atoms with E-state index in [0.29, 0.717) is 23.5 Å². The molecule has 7 heteroatoms. The first kappa shape index (κ1) is 18.7. The molecule has 3 fully saturated rings. The molecule has 2 aliphatic heterocycles. The number of carbonyl (C=O) groups excluding carboxylic acids is 1. The molecule has 0 aromatic carbocycles. The van der Waals surface area contributed by atoms with Crippen LogP contribution in [0.2, 0.25) is 0 Å². The molecular weight excluding hydrogens is 366 g/mol. The van der Waals surface area contributed by atoms with Gasteiger partial charge in [0.05, 0.1) is 6.04 Å². The van der Waals surface area contributed by atoms with Gasteiger partial charge in [0.1, 0.15) is 0 Å². The Morgan fingerprint density at radius 1 is 1.24 bits per heavy atom. The van der Waals surface area contributed by atoms with Crippen molar-refractivity contribution < 1.29 is 9.32 Å². The molecule has 1 aliphatic carbocycles. The highest BCUT2D eigenvalue weighted by Crippen LogP contribution is 2.47. The summed E-state index contributed by atoms with van der Waals surface area (Å²) in [6.07, 6.45) is 11.6. The lowest BCUT2D eigenvalue weighted by Crippen LogP contribution is -2.59. The van der Waals surface area contributed by atoms with Gasteiger partial charge in [0.2, 0.25) is 17.6 Å². The second-order valence-electron chi connectivity index (χ2n) is 9.29. The van der Waals surface area contributed by atoms with E-state index in [1.54, 1.807) is 12.4 Å². The van der Waals surface area contributed by atoms with Gasteiger partial charge in [-0.25, -0.2) is 0 Å². The summed E-state index contributed by atoms with van der Waals surface area (Å²) in [5.74, 6) is 2.21. The molecule has 0 radical (unpaired) electrons. The van der Waals surface area contributed by atoms with Gasteiger partial charge in [-0.15, -0.1) is 0 Å². The van der Waals surface area contributed by atoms with Crippen molar-refractivity contribution in [3.8, 4) is 11.4 Å². The number of nitrogens with zero attached hydrogens (tertiary/aromatic N) is 5. The van der Waals surface area contributed by atoms with Crippen LogP contribution >= 0.6 is 0 Å². The molecule has 2 aromatic rings.